The molecule has 1 aromatic rings. The van der Waals surface area contributed by atoms with Crippen LogP contribution in [0.5, 0.6) is 0 Å². The molecule has 2 fully saturated rings. The molecule has 2 atom stereocenters. The molecule has 84 valence electrons. The Balaban J connectivity index is 1.72. The third-order valence-corrected chi connectivity index (χ3v) is 3.71. The molecule has 0 aliphatic heterocycles. The monoisotopic (exact) mass is 216 g/mol. The van der Waals surface area contributed by atoms with Gasteiger partial charge in [0.2, 0.25) is 0 Å². The number of nitriles is 1. The minimum Gasteiger partial charge on any atom is -0.334 e. The zero-order valence-electron chi connectivity index (χ0n) is 9.26. The first-order valence-electron chi connectivity index (χ1n) is 5.98. The van der Waals surface area contributed by atoms with Crippen LogP contribution < -0.4 is 5.32 Å². The third-order valence-electron chi connectivity index (χ3n) is 3.71. The number of nitrogens with one attached hydrogen (secondary N) is 1. The minimum absolute atomic E-state index is 0.282. The first-order chi connectivity index (χ1) is 7.81. The summed E-state index contributed by atoms with van der Waals surface area (Å²) in [5, 5.41) is 12.9. The van der Waals surface area contributed by atoms with Gasteiger partial charge in [0, 0.05) is 24.5 Å². The van der Waals surface area contributed by atoms with Crippen molar-refractivity contribution in [3.8, 4) is 6.07 Å². The van der Waals surface area contributed by atoms with Crippen molar-refractivity contribution in [2.45, 2.75) is 49.7 Å². The second-order valence-electron chi connectivity index (χ2n) is 5.02. The van der Waals surface area contributed by atoms with Crippen LogP contribution in [0.1, 0.15) is 38.1 Å². The Kier molecular flexibility index (Phi) is 2.22. The first kappa shape index (κ1) is 9.86. The summed E-state index contributed by atoms with van der Waals surface area (Å²) >= 11 is 0. The minimum atomic E-state index is -0.282. The molecule has 4 nitrogen and oxygen atoms in total. The molecule has 0 bridgehead atoms. The van der Waals surface area contributed by atoms with Crippen molar-refractivity contribution in [2.24, 2.45) is 0 Å². The molecule has 0 spiro atoms. The Labute approximate surface area is 95.3 Å². The predicted molar refractivity (Wildman–Crippen MR) is 59.6 cm³/mol. The van der Waals surface area contributed by atoms with E-state index in [-0.39, 0.29) is 5.54 Å². The Morgan fingerprint density at radius 2 is 2.31 bits per heavy atom. The summed E-state index contributed by atoms with van der Waals surface area (Å²) in [5.74, 6) is 0. The number of hydrogen-bond acceptors (Lipinski definition) is 3. The fraction of sp³-hybridized carbons (Fsp3) is 0.667. The molecule has 3 rings (SSSR count). The maximum atomic E-state index is 9.37. The molecule has 2 aliphatic rings. The predicted octanol–water partition coefficient (Wildman–Crippen LogP) is 1.62. The van der Waals surface area contributed by atoms with Crippen molar-refractivity contribution in [2.75, 3.05) is 0 Å². The van der Waals surface area contributed by atoms with Crippen molar-refractivity contribution >= 4 is 0 Å². The maximum Gasteiger partial charge on any atom is 0.109 e. The Bertz CT molecular complexity index is 401. The van der Waals surface area contributed by atoms with Crippen LogP contribution in [-0.2, 0) is 0 Å². The Hall–Kier alpha value is -1.34. The van der Waals surface area contributed by atoms with Crippen LogP contribution in [0.15, 0.2) is 18.7 Å². The van der Waals surface area contributed by atoms with Crippen molar-refractivity contribution in [1.29, 1.82) is 5.26 Å². The van der Waals surface area contributed by atoms with E-state index in [1.165, 1.54) is 12.8 Å². The highest BCUT2D eigenvalue weighted by Crippen LogP contribution is 2.39. The molecule has 1 aromatic heterocycles. The first-order valence-corrected chi connectivity index (χ1v) is 5.98. The van der Waals surface area contributed by atoms with Crippen LogP contribution in [0.25, 0.3) is 0 Å². The van der Waals surface area contributed by atoms with Gasteiger partial charge >= 0.3 is 0 Å². The number of imidazole rings is 1. The largest absolute Gasteiger partial charge is 0.334 e. The van der Waals surface area contributed by atoms with Gasteiger partial charge in [0.05, 0.1) is 12.4 Å². The van der Waals surface area contributed by atoms with Gasteiger partial charge in [-0.15, -0.1) is 0 Å². The van der Waals surface area contributed by atoms with Crippen LogP contribution in [-0.4, -0.2) is 21.1 Å². The molecule has 0 radical (unpaired) electrons. The van der Waals surface area contributed by atoms with E-state index in [9.17, 15) is 5.26 Å². The van der Waals surface area contributed by atoms with Crippen molar-refractivity contribution in [3.63, 3.8) is 0 Å². The van der Waals surface area contributed by atoms with Gasteiger partial charge in [0.25, 0.3) is 0 Å². The molecule has 2 unspecified atom stereocenters. The molecule has 0 aromatic carbocycles. The smallest absolute Gasteiger partial charge is 0.109 e. The molecule has 0 amide bonds. The van der Waals surface area contributed by atoms with Crippen LogP contribution in [0.2, 0.25) is 0 Å². The molecule has 1 N–H and O–H groups in total. The molecule has 0 saturated heterocycles. The summed E-state index contributed by atoms with van der Waals surface area (Å²) in [7, 11) is 0. The van der Waals surface area contributed by atoms with Gasteiger partial charge in [-0.3, -0.25) is 5.32 Å². The second-order valence-corrected chi connectivity index (χ2v) is 5.02. The van der Waals surface area contributed by atoms with Crippen LogP contribution in [0.3, 0.4) is 0 Å². The zero-order chi connectivity index (χ0) is 11.0. The fourth-order valence-electron chi connectivity index (χ4n) is 2.64. The van der Waals surface area contributed by atoms with Gasteiger partial charge in [-0.25, -0.2) is 4.98 Å². The van der Waals surface area contributed by atoms with E-state index >= 15 is 0 Å². The average molecular weight is 216 g/mol. The summed E-state index contributed by atoms with van der Waals surface area (Å²) in [6.45, 7) is 0. The van der Waals surface area contributed by atoms with E-state index in [2.05, 4.69) is 20.9 Å². The van der Waals surface area contributed by atoms with Gasteiger partial charge in [-0.1, -0.05) is 0 Å². The van der Waals surface area contributed by atoms with Gasteiger partial charge in [0.1, 0.15) is 5.54 Å². The number of nitrogens with zero attached hydrogens (tertiary/aromatic N) is 3. The molecular formula is C12H16N4. The Morgan fingerprint density at radius 3 is 2.94 bits per heavy atom. The van der Waals surface area contributed by atoms with Gasteiger partial charge in [-0.2, -0.15) is 5.26 Å². The van der Waals surface area contributed by atoms with Crippen LogP contribution >= 0.6 is 0 Å². The molecule has 1 heterocycles. The van der Waals surface area contributed by atoms with Crippen molar-refractivity contribution < 1.29 is 0 Å². The average Bonchev–Trinajstić information content (AvgIpc) is 2.84. The summed E-state index contributed by atoms with van der Waals surface area (Å²) in [6, 6.07) is 3.53. The fourth-order valence-corrected chi connectivity index (χ4v) is 2.64. The number of rotatable bonds is 3. The SMILES string of the molecule is N#CC1(NC2CC2)CCC(n2ccnc2)C1. The summed E-state index contributed by atoms with van der Waals surface area (Å²) in [4.78, 5) is 4.07. The van der Waals surface area contributed by atoms with E-state index in [1.807, 2.05) is 12.5 Å². The quantitative estimate of drug-likeness (QED) is 0.835. The Morgan fingerprint density at radius 1 is 1.44 bits per heavy atom. The van der Waals surface area contributed by atoms with E-state index in [0.29, 0.717) is 12.1 Å². The van der Waals surface area contributed by atoms with E-state index < -0.39 is 0 Å². The molecule has 4 heteroatoms. The topological polar surface area (TPSA) is 53.6 Å². The summed E-state index contributed by atoms with van der Waals surface area (Å²) in [6.07, 6.45) is 11.1. The van der Waals surface area contributed by atoms with Gasteiger partial charge in [0.15, 0.2) is 0 Å². The second kappa shape index (κ2) is 3.60. The molecule has 2 saturated carbocycles. The van der Waals surface area contributed by atoms with Crippen LogP contribution in [0, 0.1) is 11.3 Å². The van der Waals surface area contributed by atoms with E-state index in [1.54, 1.807) is 6.20 Å². The lowest BCUT2D eigenvalue weighted by Gasteiger charge is -2.22. The normalized spacial score (nSPS) is 33.8. The standard InChI is InChI=1S/C12H16N4/c13-8-12(15-10-1-2-10)4-3-11(7-12)16-6-5-14-9-16/h5-6,9-11,15H,1-4,7H2. The highest BCUT2D eigenvalue weighted by molar-refractivity contribution is 5.15. The van der Waals surface area contributed by atoms with E-state index in [0.717, 1.165) is 19.3 Å². The number of hydrogen-bond donors (Lipinski definition) is 1. The molecule has 2 aliphatic carbocycles. The van der Waals surface area contributed by atoms with Gasteiger partial charge < -0.3 is 4.57 Å². The molecule has 16 heavy (non-hydrogen) atoms. The lowest BCUT2D eigenvalue weighted by atomic mass is 9.99. The van der Waals surface area contributed by atoms with Crippen molar-refractivity contribution in [3.05, 3.63) is 18.7 Å². The third kappa shape index (κ3) is 1.72. The highest BCUT2D eigenvalue weighted by atomic mass is 15.1. The highest BCUT2D eigenvalue weighted by Gasteiger charge is 2.43. The van der Waals surface area contributed by atoms with Crippen molar-refractivity contribution in [1.82, 2.24) is 14.9 Å². The lowest BCUT2D eigenvalue weighted by Crippen LogP contribution is -2.43. The van der Waals surface area contributed by atoms with E-state index in [4.69, 9.17) is 0 Å². The summed E-state index contributed by atoms with van der Waals surface area (Å²) < 4.78 is 2.13. The maximum absolute atomic E-state index is 9.37. The zero-order valence-corrected chi connectivity index (χ0v) is 9.26. The summed E-state index contributed by atoms with van der Waals surface area (Å²) in [5.41, 5.74) is -0.282. The number of aromatic nitrogens is 2. The van der Waals surface area contributed by atoms with Gasteiger partial charge in [-0.05, 0) is 32.1 Å². The van der Waals surface area contributed by atoms with Crippen LogP contribution in [0.4, 0.5) is 0 Å². The molecular weight excluding hydrogens is 200 g/mol. The lowest BCUT2D eigenvalue weighted by molar-refractivity contribution is 0.396.